The van der Waals surface area contributed by atoms with Crippen LogP contribution >= 0.6 is 0 Å². The lowest BCUT2D eigenvalue weighted by Gasteiger charge is -2.11. The van der Waals surface area contributed by atoms with Crippen LogP contribution < -0.4 is 24.3 Å². The molecule has 0 aliphatic carbocycles. The SMILES string of the molecule is COc1ccc(C(=O)Nc2n[nH]c3ccc(OCc4cccc(OC(F)(F)F)c4)cc23)cc1OC. The predicted molar refractivity (Wildman–Crippen MR) is 121 cm³/mol. The minimum atomic E-state index is -4.77. The molecule has 2 N–H and O–H groups in total. The third kappa shape index (κ3) is 5.75. The molecule has 0 aliphatic rings. The van der Waals surface area contributed by atoms with E-state index in [9.17, 15) is 18.0 Å². The fourth-order valence-electron chi connectivity index (χ4n) is 3.33. The molecule has 0 radical (unpaired) electrons. The average molecular weight is 487 g/mol. The average Bonchev–Trinajstić information content (AvgIpc) is 3.23. The summed E-state index contributed by atoms with van der Waals surface area (Å²) in [5.41, 5.74) is 1.48. The summed E-state index contributed by atoms with van der Waals surface area (Å²) in [5.74, 6) is 0.878. The van der Waals surface area contributed by atoms with Crippen molar-refractivity contribution in [3.05, 3.63) is 71.8 Å². The number of nitrogens with zero attached hydrogens (tertiary/aromatic N) is 1. The fourth-order valence-corrected chi connectivity index (χ4v) is 3.33. The third-order valence-electron chi connectivity index (χ3n) is 4.95. The molecule has 11 heteroatoms. The number of fused-ring (bicyclic) bond motifs is 1. The van der Waals surface area contributed by atoms with Crippen LogP contribution in [0.25, 0.3) is 10.9 Å². The lowest BCUT2D eigenvalue weighted by atomic mass is 10.1. The molecule has 0 saturated heterocycles. The van der Waals surface area contributed by atoms with Gasteiger partial charge in [-0.2, -0.15) is 5.10 Å². The molecule has 182 valence electrons. The maximum Gasteiger partial charge on any atom is 0.573 e. The molecule has 1 heterocycles. The van der Waals surface area contributed by atoms with Gasteiger partial charge < -0.3 is 24.3 Å². The van der Waals surface area contributed by atoms with E-state index < -0.39 is 12.3 Å². The number of ether oxygens (including phenoxy) is 4. The molecule has 0 saturated carbocycles. The highest BCUT2D eigenvalue weighted by atomic mass is 19.4. The molecule has 0 spiro atoms. The Bertz CT molecular complexity index is 1350. The first-order valence-electron chi connectivity index (χ1n) is 10.2. The second-order valence-corrected chi connectivity index (χ2v) is 7.29. The number of nitrogens with one attached hydrogen (secondary N) is 2. The van der Waals surface area contributed by atoms with E-state index in [0.29, 0.717) is 39.3 Å². The molecule has 0 atom stereocenters. The Kier molecular flexibility index (Phi) is 6.67. The van der Waals surface area contributed by atoms with E-state index in [-0.39, 0.29) is 18.2 Å². The highest BCUT2D eigenvalue weighted by Crippen LogP contribution is 2.30. The molecule has 0 unspecified atom stereocenters. The lowest BCUT2D eigenvalue weighted by Crippen LogP contribution is -2.17. The first kappa shape index (κ1) is 23.7. The van der Waals surface area contributed by atoms with E-state index in [1.165, 1.54) is 32.4 Å². The van der Waals surface area contributed by atoms with Crippen LogP contribution in [0.5, 0.6) is 23.0 Å². The second kappa shape index (κ2) is 9.84. The first-order valence-corrected chi connectivity index (χ1v) is 10.2. The van der Waals surface area contributed by atoms with Gasteiger partial charge in [0.25, 0.3) is 5.91 Å². The van der Waals surface area contributed by atoms with Crippen LogP contribution in [0.1, 0.15) is 15.9 Å². The number of carbonyl (C=O) groups excluding carboxylic acids is 1. The van der Waals surface area contributed by atoms with Gasteiger partial charge in [-0.1, -0.05) is 12.1 Å². The number of amides is 1. The van der Waals surface area contributed by atoms with E-state index in [1.54, 1.807) is 42.5 Å². The predicted octanol–water partition coefficient (Wildman–Crippen LogP) is 5.31. The Hall–Kier alpha value is -4.41. The van der Waals surface area contributed by atoms with Gasteiger partial charge in [-0.15, -0.1) is 13.2 Å². The zero-order valence-corrected chi connectivity index (χ0v) is 18.6. The minimum absolute atomic E-state index is 0.00570. The van der Waals surface area contributed by atoms with Gasteiger partial charge in [-0.3, -0.25) is 9.89 Å². The standard InChI is InChI=1S/C24H20F3N3O5/c1-32-20-9-6-15(11-21(20)33-2)23(31)28-22-18-12-16(7-8-19(18)29-30-22)34-13-14-4-3-5-17(10-14)35-24(25,26)27/h3-12H,13H2,1-2H3,(H2,28,29,30,31). The lowest BCUT2D eigenvalue weighted by molar-refractivity contribution is -0.274. The fraction of sp³-hybridized carbons (Fsp3) is 0.167. The number of alkyl halides is 3. The number of anilines is 1. The van der Waals surface area contributed by atoms with Gasteiger partial charge in [0.05, 0.1) is 19.7 Å². The number of halogens is 3. The summed E-state index contributed by atoms with van der Waals surface area (Å²) in [6.45, 7) is 0.00570. The monoisotopic (exact) mass is 487 g/mol. The molecule has 4 aromatic rings. The van der Waals surface area contributed by atoms with E-state index >= 15 is 0 Å². The molecule has 1 amide bonds. The second-order valence-electron chi connectivity index (χ2n) is 7.29. The van der Waals surface area contributed by atoms with E-state index in [0.717, 1.165) is 0 Å². The van der Waals surface area contributed by atoms with Crippen LogP contribution in [-0.2, 0) is 6.61 Å². The number of carbonyl (C=O) groups is 1. The summed E-state index contributed by atoms with van der Waals surface area (Å²) in [5, 5.41) is 10.3. The Morgan fingerprint density at radius 1 is 0.971 bits per heavy atom. The topological polar surface area (TPSA) is 94.7 Å². The van der Waals surface area contributed by atoms with Crippen molar-refractivity contribution < 1.29 is 36.9 Å². The quantitative estimate of drug-likeness (QED) is 0.350. The number of H-pyrrole nitrogens is 1. The molecule has 1 aromatic heterocycles. The largest absolute Gasteiger partial charge is 0.573 e. The van der Waals surface area contributed by atoms with Gasteiger partial charge >= 0.3 is 6.36 Å². The molecule has 0 bridgehead atoms. The Balaban J connectivity index is 1.48. The van der Waals surface area contributed by atoms with Crippen molar-refractivity contribution >= 4 is 22.6 Å². The summed E-state index contributed by atoms with van der Waals surface area (Å²) in [6.07, 6.45) is -4.77. The van der Waals surface area contributed by atoms with E-state index in [1.807, 2.05) is 0 Å². The van der Waals surface area contributed by atoms with Crippen LogP contribution in [0.4, 0.5) is 19.0 Å². The normalized spacial score (nSPS) is 11.2. The zero-order valence-electron chi connectivity index (χ0n) is 18.6. The number of benzene rings is 3. The van der Waals surface area contributed by atoms with Gasteiger partial charge in [-0.25, -0.2) is 0 Å². The molecule has 8 nitrogen and oxygen atoms in total. The van der Waals surface area contributed by atoms with Gasteiger partial charge in [0, 0.05) is 10.9 Å². The van der Waals surface area contributed by atoms with Crippen LogP contribution in [0.3, 0.4) is 0 Å². The van der Waals surface area contributed by atoms with Crippen molar-refractivity contribution in [2.24, 2.45) is 0 Å². The number of methoxy groups -OCH3 is 2. The Labute approximate surface area is 197 Å². The van der Waals surface area contributed by atoms with Crippen molar-refractivity contribution in [2.45, 2.75) is 13.0 Å². The number of hydrogen-bond acceptors (Lipinski definition) is 6. The van der Waals surface area contributed by atoms with Crippen molar-refractivity contribution in [3.63, 3.8) is 0 Å². The van der Waals surface area contributed by atoms with Crippen molar-refractivity contribution in [1.29, 1.82) is 0 Å². The van der Waals surface area contributed by atoms with E-state index in [2.05, 4.69) is 20.3 Å². The third-order valence-corrected chi connectivity index (χ3v) is 4.95. The summed E-state index contributed by atoms with van der Waals surface area (Å²) in [6, 6.07) is 15.3. The highest BCUT2D eigenvalue weighted by Gasteiger charge is 2.31. The van der Waals surface area contributed by atoms with Crippen molar-refractivity contribution in [2.75, 3.05) is 19.5 Å². The summed E-state index contributed by atoms with van der Waals surface area (Å²) in [7, 11) is 2.97. The zero-order chi connectivity index (χ0) is 25.0. The van der Waals surface area contributed by atoms with E-state index in [4.69, 9.17) is 14.2 Å². The Morgan fingerprint density at radius 2 is 1.77 bits per heavy atom. The van der Waals surface area contributed by atoms with Gasteiger partial charge in [0.15, 0.2) is 17.3 Å². The van der Waals surface area contributed by atoms with Crippen LogP contribution in [0.15, 0.2) is 60.7 Å². The van der Waals surface area contributed by atoms with Crippen LogP contribution in [-0.4, -0.2) is 36.7 Å². The molecular weight excluding hydrogens is 467 g/mol. The van der Waals surface area contributed by atoms with Gasteiger partial charge in [0.1, 0.15) is 18.1 Å². The first-order chi connectivity index (χ1) is 16.8. The van der Waals surface area contributed by atoms with Gasteiger partial charge in [-0.05, 0) is 54.1 Å². The summed E-state index contributed by atoms with van der Waals surface area (Å²) >= 11 is 0. The van der Waals surface area contributed by atoms with Crippen molar-refractivity contribution in [3.8, 4) is 23.0 Å². The molecular formula is C24H20F3N3O5. The number of rotatable bonds is 8. The summed E-state index contributed by atoms with van der Waals surface area (Å²) in [4.78, 5) is 12.8. The number of hydrogen-bond donors (Lipinski definition) is 2. The molecule has 0 aliphatic heterocycles. The smallest absolute Gasteiger partial charge is 0.493 e. The minimum Gasteiger partial charge on any atom is -0.493 e. The molecule has 4 rings (SSSR count). The number of aromatic amines is 1. The maximum atomic E-state index is 12.8. The Morgan fingerprint density at radius 3 is 2.51 bits per heavy atom. The molecule has 0 fully saturated rings. The van der Waals surface area contributed by atoms with Crippen LogP contribution in [0, 0.1) is 0 Å². The molecule has 35 heavy (non-hydrogen) atoms. The number of aromatic nitrogens is 2. The maximum absolute atomic E-state index is 12.8. The highest BCUT2D eigenvalue weighted by molar-refractivity contribution is 6.08. The van der Waals surface area contributed by atoms with Crippen molar-refractivity contribution in [1.82, 2.24) is 10.2 Å². The summed E-state index contributed by atoms with van der Waals surface area (Å²) < 4.78 is 57.4. The van der Waals surface area contributed by atoms with Crippen LogP contribution in [0.2, 0.25) is 0 Å². The molecule has 3 aromatic carbocycles. The van der Waals surface area contributed by atoms with Gasteiger partial charge in [0.2, 0.25) is 0 Å².